The second kappa shape index (κ2) is 6.37. The maximum absolute atomic E-state index is 11.9. The van der Waals surface area contributed by atoms with Crippen LogP contribution < -0.4 is 0 Å². The summed E-state index contributed by atoms with van der Waals surface area (Å²) in [6.45, 7) is 4.52. The molecule has 0 N–H and O–H groups in total. The average molecular weight is 312 g/mol. The highest BCUT2D eigenvalue weighted by molar-refractivity contribution is 5.89. The number of methoxy groups -OCH3 is 1. The summed E-state index contributed by atoms with van der Waals surface area (Å²) in [5.74, 6) is -1.98. The van der Waals surface area contributed by atoms with Crippen LogP contribution in [-0.2, 0) is 33.3 Å². The van der Waals surface area contributed by atoms with Crippen molar-refractivity contribution in [3.8, 4) is 0 Å². The van der Waals surface area contributed by atoms with Crippen molar-refractivity contribution in [3.63, 3.8) is 0 Å². The van der Waals surface area contributed by atoms with Crippen molar-refractivity contribution in [2.45, 2.75) is 39.6 Å². The number of hydrogen-bond acceptors (Lipinski definition) is 7. The van der Waals surface area contributed by atoms with E-state index >= 15 is 0 Å². The van der Waals surface area contributed by atoms with Gasteiger partial charge < -0.3 is 18.9 Å². The van der Waals surface area contributed by atoms with Gasteiger partial charge in [-0.05, 0) is 6.42 Å². The summed E-state index contributed by atoms with van der Waals surface area (Å²) in [4.78, 5) is 34.4. The molecule has 0 aromatic heterocycles. The van der Waals surface area contributed by atoms with Crippen LogP contribution in [0.2, 0.25) is 0 Å². The number of carbonyl (C=O) groups is 3. The van der Waals surface area contributed by atoms with E-state index < -0.39 is 18.2 Å². The molecule has 1 saturated carbocycles. The summed E-state index contributed by atoms with van der Waals surface area (Å²) in [5, 5.41) is 0. The Kier molecular flexibility index (Phi) is 4.73. The lowest BCUT2D eigenvalue weighted by Crippen LogP contribution is -2.39. The predicted molar refractivity (Wildman–Crippen MR) is 73.1 cm³/mol. The minimum Gasteiger partial charge on any atom is -0.466 e. The molecule has 0 amide bonds. The van der Waals surface area contributed by atoms with Gasteiger partial charge in [-0.1, -0.05) is 6.92 Å². The van der Waals surface area contributed by atoms with Crippen LogP contribution in [0, 0.1) is 17.8 Å². The standard InChI is InChI=1S/C15H20O7/c1-7-12(21-8(2)16)5-10-11(14(18)19-4)6-20-15(13(7)10)22-9(3)17/h6-7,10,12-13,15H,5H2,1-4H3/t7-,10+,12-,13+,15-/m0/s1. The fraction of sp³-hybridized carbons (Fsp3) is 0.667. The first-order valence-electron chi connectivity index (χ1n) is 7.13. The van der Waals surface area contributed by atoms with E-state index in [0.717, 1.165) is 0 Å². The second-order valence-electron chi connectivity index (χ2n) is 5.61. The number of carbonyl (C=O) groups excluding carboxylic acids is 3. The van der Waals surface area contributed by atoms with Crippen molar-refractivity contribution < 1.29 is 33.3 Å². The molecule has 7 nitrogen and oxygen atoms in total. The van der Waals surface area contributed by atoms with Crippen LogP contribution in [0.5, 0.6) is 0 Å². The van der Waals surface area contributed by atoms with E-state index in [0.29, 0.717) is 12.0 Å². The molecule has 22 heavy (non-hydrogen) atoms. The van der Waals surface area contributed by atoms with E-state index in [4.69, 9.17) is 18.9 Å². The first kappa shape index (κ1) is 16.3. The van der Waals surface area contributed by atoms with Crippen molar-refractivity contribution in [1.29, 1.82) is 0 Å². The molecule has 0 spiro atoms. The van der Waals surface area contributed by atoms with Crippen LogP contribution >= 0.6 is 0 Å². The number of esters is 3. The molecular formula is C15H20O7. The molecule has 0 unspecified atom stereocenters. The predicted octanol–water partition coefficient (Wildman–Crippen LogP) is 1.17. The lowest BCUT2D eigenvalue weighted by molar-refractivity contribution is -0.187. The highest BCUT2D eigenvalue weighted by Gasteiger charge is 2.53. The van der Waals surface area contributed by atoms with Crippen LogP contribution in [0.15, 0.2) is 11.8 Å². The number of rotatable bonds is 3. The summed E-state index contributed by atoms with van der Waals surface area (Å²) in [6, 6.07) is 0. The summed E-state index contributed by atoms with van der Waals surface area (Å²) in [7, 11) is 1.29. The van der Waals surface area contributed by atoms with Crippen molar-refractivity contribution in [2.75, 3.05) is 7.11 Å². The van der Waals surface area contributed by atoms with Gasteiger partial charge in [0.15, 0.2) is 0 Å². The molecule has 5 atom stereocenters. The topological polar surface area (TPSA) is 88.1 Å². The quantitative estimate of drug-likeness (QED) is 0.571. The van der Waals surface area contributed by atoms with Gasteiger partial charge in [-0.25, -0.2) is 4.79 Å². The molecule has 0 aromatic rings. The van der Waals surface area contributed by atoms with Crippen molar-refractivity contribution in [3.05, 3.63) is 11.8 Å². The van der Waals surface area contributed by atoms with E-state index in [-0.39, 0.29) is 29.8 Å². The normalized spacial score (nSPS) is 33.1. The average Bonchev–Trinajstić information content (AvgIpc) is 2.75. The molecule has 1 aliphatic heterocycles. The van der Waals surface area contributed by atoms with E-state index in [1.165, 1.54) is 27.2 Å². The van der Waals surface area contributed by atoms with Gasteiger partial charge in [0.1, 0.15) is 6.10 Å². The SMILES string of the molecule is COC(=O)C1=CO[C@@H](OC(C)=O)[C@@H]2[C@@H](C)[C@@H](OC(C)=O)C[C@H]12. The number of fused-ring (bicyclic) bond motifs is 1. The fourth-order valence-electron chi connectivity index (χ4n) is 3.28. The smallest absolute Gasteiger partial charge is 0.337 e. The zero-order valence-corrected chi connectivity index (χ0v) is 13.0. The Bertz CT molecular complexity index is 510. The summed E-state index contributed by atoms with van der Waals surface area (Å²) in [6.07, 6.45) is 0.587. The minimum absolute atomic E-state index is 0.119. The van der Waals surface area contributed by atoms with Gasteiger partial charge >= 0.3 is 17.9 Å². The van der Waals surface area contributed by atoms with Crippen molar-refractivity contribution in [2.24, 2.45) is 17.8 Å². The molecule has 0 aromatic carbocycles. The molecule has 1 heterocycles. The maximum Gasteiger partial charge on any atom is 0.337 e. The minimum atomic E-state index is -0.800. The Labute approximate surface area is 128 Å². The highest BCUT2D eigenvalue weighted by atomic mass is 16.7. The molecule has 0 radical (unpaired) electrons. The zero-order valence-electron chi connectivity index (χ0n) is 13.0. The Morgan fingerprint density at radius 1 is 1.18 bits per heavy atom. The Balaban J connectivity index is 2.29. The first-order valence-corrected chi connectivity index (χ1v) is 7.13. The van der Waals surface area contributed by atoms with E-state index in [1.54, 1.807) is 0 Å². The lowest BCUT2D eigenvalue weighted by Gasteiger charge is -2.34. The zero-order chi connectivity index (χ0) is 16.4. The van der Waals surface area contributed by atoms with Crippen LogP contribution in [0.4, 0.5) is 0 Å². The Morgan fingerprint density at radius 3 is 2.36 bits per heavy atom. The number of hydrogen-bond donors (Lipinski definition) is 0. The van der Waals surface area contributed by atoms with Crippen LogP contribution in [0.25, 0.3) is 0 Å². The third-order valence-electron chi connectivity index (χ3n) is 4.21. The van der Waals surface area contributed by atoms with Gasteiger partial charge in [0.25, 0.3) is 0 Å². The van der Waals surface area contributed by atoms with Crippen molar-refractivity contribution >= 4 is 17.9 Å². The van der Waals surface area contributed by atoms with Gasteiger partial charge in [0, 0.05) is 31.6 Å². The summed E-state index contributed by atoms with van der Waals surface area (Å²) in [5.41, 5.74) is 0.373. The van der Waals surface area contributed by atoms with Crippen LogP contribution in [0.1, 0.15) is 27.2 Å². The third-order valence-corrected chi connectivity index (χ3v) is 4.21. The van der Waals surface area contributed by atoms with Crippen LogP contribution in [-0.4, -0.2) is 37.4 Å². The van der Waals surface area contributed by atoms with Gasteiger partial charge in [-0.15, -0.1) is 0 Å². The lowest BCUT2D eigenvalue weighted by atomic mass is 9.83. The van der Waals surface area contributed by atoms with E-state index in [1.807, 2.05) is 6.92 Å². The molecule has 122 valence electrons. The van der Waals surface area contributed by atoms with Gasteiger partial charge in [-0.3, -0.25) is 9.59 Å². The molecular weight excluding hydrogens is 292 g/mol. The monoisotopic (exact) mass is 312 g/mol. The summed E-state index contributed by atoms with van der Waals surface area (Å²) < 4.78 is 20.7. The third kappa shape index (κ3) is 3.08. The van der Waals surface area contributed by atoms with Crippen LogP contribution in [0.3, 0.4) is 0 Å². The fourth-order valence-corrected chi connectivity index (χ4v) is 3.28. The van der Waals surface area contributed by atoms with Gasteiger partial charge in [0.2, 0.25) is 6.29 Å². The maximum atomic E-state index is 11.9. The second-order valence-corrected chi connectivity index (χ2v) is 5.61. The van der Waals surface area contributed by atoms with Gasteiger partial charge in [-0.2, -0.15) is 0 Å². The number of ether oxygens (including phenoxy) is 4. The summed E-state index contributed by atoms with van der Waals surface area (Å²) >= 11 is 0. The Morgan fingerprint density at radius 2 is 1.82 bits per heavy atom. The largest absolute Gasteiger partial charge is 0.466 e. The van der Waals surface area contributed by atoms with Gasteiger partial charge in [0.05, 0.1) is 18.9 Å². The molecule has 1 aliphatic carbocycles. The first-order chi connectivity index (χ1) is 10.3. The molecule has 2 aliphatic rings. The Hall–Kier alpha value is -2.05. The molecule has 0 saturated heterocycles. The highest BCUT2D eigenvalue weighted by Crippen LogP contribution is 2.48. The van der Waals surface area contributed by atoms with E-state index in [9.17, 15) is 14.4 Å². The molecule has 7 heteroatoms. The van der Waals surface area contributed by atoms with Crippen molar-refractivity contribution in [1.82, 2.24) is 0 Å². The molecule has 0 bridgehead atoms. The van der Waals surface area contributed by atoms with E-state index in [2.05, 4.69) is 0 Å². The molecule has 1 fully saturated rings. The molecule has 2 rings (SSSR count).